The number of benzene rings is 1. The zero-order valence-electron chi connectivity index (χ0n) is 10.1. The minimum atomic E-state index is 0.565. The summed E-state index contributed by atoms with van der Waals surface area (Å²) in [6.07, 6.45) is 1.78. The molecule has 0 unspecified atom stereocenters. The summed E-state index contributed by atoms with van der Waals surface area (Å²) in [4.78, 5) is 8.70. The lowest BCUT2D eigenvalue weighted by atomic mass is 10.3. The van der Waals surface area contributed by atoms with Crippen molar-refractivity contribution in [3.8, 4) is 0 Å². The van der Waals surface area contributed by atoms with Crippen molar-refractivity contribution in [1.29, 1.82) is 0 Å². The standard InChI is InChI=1S/C13H10BrN3OS/c1-7-4-12(16-6-9(7)14)19-13-17-10-3-2-8(15)5-11(10)18-13/h2-6H,15H2,1H3. The molecule has 2 heterocycles. The van der Waals surface area contributed by atoms with E-state index >= 15 is 0 Å². The van der Waals surface area contributed by atoms with Gasteiger partial charge < -0.3 is 10.2 Å². The van der Waals surface area contributed by atoms with Crippen LogP contribution in [0, 0.1) is 6.92 Å². The summed E-state index contributed by atoms with van der Waals surface area (Å²) in [5.41, 5.74) is 8.99. The van der Waals surface area contributed by atoms with E-state index in [9.17, 15) is 0 Å². The maximum Gasteiger partial charge on any atom is 0.263 e. The molecule has 0 atom stereocenters. The molecule has 4 nitrogen and oxygen atoms in total. The zero-order chi connectivity index (χ0) is 13.4. The maximum atomic E-state index is 5.71. The molecule has 0 aliphatic rings. The molecule has 3 aromatic rings. The van der Waals surface area contributed by atoms with Gasteiger partial charge in [0.15, 0.2) is 5.58 Å². The fourth-order valence-corrected chi connectivity index (χ4v) is 2.63. The minimum Gasteiger partial charge on any atom is -0.431 e. The Balaban J connectivity index is 1.94. The molecular formula is C13H10BrN3OS. The van der Waals surface area contributed by atoms with E-state index in [2.05, 4.69) is 25.9 Å². The van der Waals surface area contributed by atoms with Crippen molar-refractivity contribution in [3.05, 3.63) is 40.5 Å². The number of pyridine rings is 1. The number of fused-ring (bicyclic) bond motifs is 1. The number of anilines is 1. The van der Waals surface area contributed by atoms with E-state index in [1.165, 1.54) is 11.8 Å². The largest absolute Gasteiger partial charge is 0.431 e. The molecule has 2 aromatic heterocycles. The molecule has 0 saturated heterocycles. The Kier molecular flexibility index (Phi) is 3.20. The van der Waals surface area contributed by atoms with Crippen LogP contribution in [0.15, 0.2) is 49.6 Å². The van der Waals surface area contributed by atoms with Gasteiger partial charge in [0.1, 0.15) is 10.5 Å². The molecule has 0 spiro atoms. The molecule has 0 radical (unpaired) electrons. The van der Waals surface area contributed by atoms with E-state index in [1.807, 2.05) is 19.1 Å². The number of nitrogens with zero attached hydrogens (tertiary/aromatic N) is 2. The van der Waals surface area contributed by atoms with Crippen molar-refractivity contribution in [3.63, 3.8) is 0 Å². The van der Waals surface area contributed by atoms with Gasteiger partial charge in [0.2, 0.25) is 0 Å². The van der Waals surface area contributed by atoms with E-state index in [1.54, 1.807) is 18.3 Å². The fourth-order valence-electron chi connectivity index (χ4n) is 1.62. The highest BCUT2D eigenvalue weighted by molar-refractivity contribution is 9.10. The van der Waals surface area contributed by atoms with Gasteiger partial charge in [-0.3, -0.25) is 0 Å². The topological polar surface area (TPSA) is 64.9 Å². The van der Waals surface area contributed by atoms with Gasteiger partial charge in [-0.25, -0.2) is 9.97 Å². The van der Waals surface area contributed by atoms with Gasteiger partial charge in [0, 0.05) is 22.4 Å². The molecular weight excluding hydrogens is 326 g/mol. The molecule has 96 valence electrons. The number of rotatable bonds is 2. The number of halogens is 1. The Morgan fingerprint density at radius 1 is 1.32 bits per heavy atom. The molecule has 2 N–H and O–H groups in total. The van der Waals surface area contributed by atoms with Gasteiger partial charge in [-0.1, -0.05) is 0 Å². The highest BCUT2D eigenvalue weighted by Crippen LogP contribution is 2.30. The number of oxazole rings is 1. The summed E-state index contributed by atoms with van der Waals surface area (Å²) in [7, 11) is 0. The predicted molar refractivity (Wildman–Crippen MR) is 79.2 cm³/mol. The van der Waals surface area contributed by atoms with Gasteiger partial charge in [0.25, 0.3) is 5.22 Å². The van der Waals surface area contributed by atoms with E-state index < -0.39 is 0 Å². The van der Waals surface area contributed by atoms with Crippen molar-refractivity contribution >= 4 is 44.5 Å². The molecule has 0 saturated carbocycles. The first-order valence-electron chi connectivity index (χ1n) is 5.58. The molecule has 0 aliphatic carbocycles. The molecule has 0 bridgehead atoms. The number of nitrogen functional groups attached to an aromatic ring is 1. The third-order valence-corrected chi connectivity index (χ3v) is 4.22. The lowest BCUT2D eigenvalue weighted by molar-refractivity contribution is 0.489. The van der Waals surface area contributed by atoms with Gasteiger partial charge in [0.05, 0.1) is 0 Å². The second-order valence-corrected chi connectivity index (χ2v) is 5.91. The first kappa shape index (κ1) is 12.5. The zero-order valence-corrected chi connectivity index (χ0v) is 12.5. The van der Waals surface area contributed by atoms with Crippen molar-refractivity contribution in [2.45, 2.75) is 17.2 Å². The lowest BCUT2D eigenvalue weighted by Crippen LogP contribution is -1.83. The molecule has 0 aliphatic heterocycles. The van der Waals surface area contributed by atoms with Crippen LogP contribution >= 0.6 is 27.7 Å². The Bertz CT molecular complexity index is 757. The van der Waals surface area contributed by atoms with Crippen molar-refractivity contribution in [1.82, 2.24) is 9.97 Å². The highest BCUT2D eigenvalue weighted by atomic mass is 79.9. The quantitative estimate of drug-likeness (QED) is 0.716. The smallest absolute Gasteiger partial charge is 0.263 e. The number of hydrogen-bond acceptors (Lipinski definition) is 5. The van der Waals surface area contributed by atoms with Crippen LogP contribution in [0.25, 0.3) is 11.1 Å². The Hall–Kier alpha value is -1.53. The summed E-state index contributed by atoms with van der Waals surface area (Å²) in [6.45, 7) is 2.02. The van der Waals surface area contributed by atoms with Crippen molar-refractivity contribution < 1.29 is 4.42 Å². The molecule has 6 heteroatoms. The summed E-state index contributed by atoms with van der Waals surface area (Å²) in [5.74, 6) is 0. The average molecular weight is 336 g/mol. The van der Waals surface area contributed by atoms with Crippen LogP contribution < -0.4 is 5.73 Å². The Labute approximate surface area is 122 Å². The molecule has 3 rings (SSSR count). The van der Waals surface area contributed by atoms with E-state index in [0.29, 0.717) is 16.5 Å². The monoisotopic (exact) mass is 335 g/mol. The van der Waals surface area contributed by atoms with Crippen LogP contribution in [0.3, 0.4) is 0 Å². The van der Waals surface area contributed by atoms with E-state index in [4.69, 9.17) is 10.2 Å². The van der Waals surface area contributed by atoms with Crippen molar-refractivity contribution in [2.75, 3.05) is 5.73 Å². The first-order chi connectivity index (χ1) is 9.11. The van der Waals surface area contributed by atoms with Gasteiger partial charge >= 0.3 is 0 Å². The SMILES string of the molecule is Cc1cc(Sc2nc3ccc(N)cc3o2)ncc1Br. The molecule has 19 heavy (non-hydrogen) atoms. The first-order valence-corrected chi connectivity index (χ1v) is 7.19. The van der Waals surface area contributed by atoms with Crippen LogP contribution in [0.4, 0.5) is 5.69 Å². The number of aryl methyl sites for hydroxylation is 1. The molecule has 1 aromatic carbocycles. The van der Waals surface area contributed by atoms with Crippen molar-refractivity contribution in [2.24, 2.45) is 0 Å². The van der Waals surface area contributed by atoms with Crippen LogP contribution in [-0.2, 0) is 0 Å². The minimum absolute atomic E-state index is 0.565. The number of hydrogen-bond donors (Lipinski definition) is 1. The van der Waals surface area contributed by atoms with E-state index in [0.717, 1.165) is 20.6 Å². The third-order valence-electron chi connectivity index (χ3n) is 2.61. The van der Waals surface area contributed by atoms with Crippen LogP contribution in [0.1, 0.15) is 5.56 Å². The third kappa shape index (κ3) is 2.59. The Morgan fingerprint density at radius 2 is 2.16 bits per heavy atom. The highest BCUT2D eigenvalue weighted by Gasteiger charge is 2.09. The van der Waals surface area contributed by atoms with Crippen LogP contribution in [0.2, 0.25) is 0 Å². The van der Waals surface area contributed by atoms with Gasteiger partial charge in [-0.2, -0.15) is 0 Å². The maximum absolute atomic E-state index is 5.71. The molecule has 0 fully saturated rings. The predicted octanol–water partition coefficient (Wildman–Crippen LogP) is 4.03. The summed E-state index contributed by atoms with van der Waals surface area (Å²) in [6, 6.07) is 7.41. The fraction of sp³-hybridized carbons (Fsp3) is 0.0769. The molecule has 0 amide bonds. The van der Waals surface area contributed by atoms with E-state index in [-0.39, 0.29) is 0 Å². The lowest BCUT2D eigenvalue weighted by Gasteiger charge is -1.99. The van der Waals surface area contributed by atoms with Crippen LogP contribution in [-0.4, -0.2) is 9.97 Å². The van der Waals surface area contributed by atoms with Gasteiger partial charge in [-0.15, -0.1) is 0 Å². The summed E-state index contributed by atoms with van der Waals surface area (Å²) >= 11 is 4.82. The Morgan fingerprint density at radius 3 is 2.95 bits per heavy atom. The number of nitrogens with two attached hydrogens (primary N) is 1. The van der Waals surface area contributed by atoms with Crippen LogP contribution in [0.5, 0.6) is 0 Å². The second-order valence-electron chi connectivity index (χ2n) is 4.08. The second kappa shape index (κ2) is 4.86. The summed E-state index contributed by atoms with van der Waals surface area (Å²) in [5, 5.41) is 1.41. The number of aromatic nitrogens is 2. The normalized spacial score (nSPS) is 11.1. The summed E-state index contributed by atoms with van der Waals surface area (Å²) < 4.78 is 6.63. The van der Waals surface area contributed by atoms with Gasteiger partial charge in [-0.05, 0) is 58.4 Å². The average Bonchev–Trinajstić information content (AvgIpc) is 2.75.